The van der Waals surface area contributed by atoms with E-state index in [0.29, 0.717) is 11.3 Å². The number of carbonyl (C=O) groups is 1. The fourth-order valence-corrected chi connectivity index (χ4v) is 2.06. The summed E-state index contributed by atoms with van der Waals surface area (Å²) in [6.45, 7) is 1.48. The molecule has 0 spiro atoms. The molecule has 1 aromatic carbocycles. The number of nitrogens with zero attached hydrogens (tertiary/aromatic N) is 2. The second kappa shape index (κ2) is 4.77. The lowest BCUT2D eigenvalue weighted by atomic mass is 10.3. The molecule has 0 bridgehead atoms. The molecule has 2 aromatic rings. The van der Waals surface area contributed by atoms with Gasteiger partial charge < -0.3 is 0 Å². The summed E-state index contributed by atoms with van der Waals surface area (Å²) in [5.74, 6) is -3.24. The van der Waals surface area contributed by atoms with Crippen molar-refractivity contribution in [2.45, 2.75) is 6.92 Å². The van der Waals surface area contributed by atoms with E-state index in [4.69, 9.17) is 0 Å². The average molecular weight is 272 g/mol. The predicted octanol–water partition coefficient (Wildman–Crippen LogP) is 3.26. The molecule has 0 aliphatic heterocycles. The molecule has 0 N–H and O–H groups in total. The Morgan fingerprint density at radius 2 is 2.00 bits per heavy atom. The predicted molar refractivity (Wildman–Crippen MR) is 61.1 cm³/mol. The van der Waals surface area contributed by atoms with Gasteiger partial charge in [-0.3, -0.25) is 4.79 Å². The SMILES string of the molecule is Cc1nc(F)c(C(=O)N(F)c2ccccc2F)s1. The summed E-state index contributed by atoms with van der Waals surface area (Å²) in [6.07, 6.45) is 0. The van der Waals surface area contributed by atoms with Crippen LogP contribution in [-0.2, 0) is 0 Å². The van der Waals surface area contributed by atoms with Gasteiger partial charge >= 0.3 is 5.91 Å². The van der Waals surface area contributed by atoms with Crippen LogP contribution in [0.3, 0.4) is 0 Å². The largest absolute Gasteiger partial charge is 0.301 e. The van der Waals surface area contributed by atoms with E-state index >= 15 is 0 Å². The number of benzene rings is 1. The monoisotopic (exact) mass is 272 g/mol. The van der Waals surface area contributed by atoms with E-state index in [0.717, 1.165) is 12.1 Å². The standard InChI is InChI=1S/C11H7F3N2OS/c1-6-15-10(13)9(18-6)11(17)16(14)8-5-3-2-4-7(8)12/h2-5H,1H3. The molecule has 1 heterocycles. The van der Waals surface area contributed by atoms with Gasteiger partial charge in [-0.05, 0) is 19.1 Å². The van der Waals surface area contributed by atoms with Gasteiger partial charge in [-0.2, -0.15) is 4.39 Å². The minimum Gasteiger partial charge on any atom is -0.265 e. The van der Waals surface area contributed by atoms with Gasteiger partial charge in [-0.25, -0.2) is 9.37 Å². The fraction of sp³-hybridized carbons (Fsp3) is 0.0909. The zero-order valence-corrected chi connectivity index (χ0v) is 9.97. The first-order valence-electron chi connectivity index (χ1n) is 4.88. The molecule has 0 radical (unpaired) electrons. The summed E-state index contributed by atoms with van der Waals surface area (Å²) in [4.78, 5) is 14.5. The third kappa shape index (κ3) is 2.21. The number of halogens is 3. The van der Waals surface area contributed by atoms with Crippen LogP contribution in [0.25, 0.3) is 0 Å². The molecule has 0 unspecified atom stereocenters. The Hall–Kier alpha value is -1.89. The Morgan fingerprint density at radius 1 is 1.33 bits per heavy atom. The number of para-hydroxylation sites is 1. The van der Waals surface area contributed by atoms with Crippen LogP contribution in [0.5, 0.6) is 0 Å². The molecular formula is C11H7F3N2OS. The Labute approximate surface area is 104 Å². The van der Waals surface area contributed by atoms with Crippen molar-refractivity contribution in [2.75, 3.05) is 5.12 Å². The van der Waals surface area contributed by atoms with Crippen LogP contribution in [0.4, 0.5) is 18.9 Å². The smallest absolute Gasteiger partial charge is 0.265 e. The Balaban J connectivity index is 2.35. The highest BCUT2D eigenvalue weighted by Gasteiger charge is 2.26. The highest BCUT2D eigenvalue weighted by atomic mass is 32.1. The van der Waals surface area contributed by atoms with Gasteiger partial charge in [0.2, 0.25) is 5.95 Å². The maximum Gasteiger partial charge on any atom is 0.301 e. The number of hydrogen-bond acceptors (Lipinski definition) is 3. The first-order valence-corrected chi connectivity index (χ1v) is 5.70. The summed E-state index contributed by atoms with van der Waals surface area (Å²) in [5.41, 5.74) is -0.562. The van der Waals surface area contributed by atoms with E-state index in [-0.39, 0.29) is 5.01 Å². The first kappa shape index (κ1) is 12.6. The van der Waals surface area contributed by atoms with Gasteiger partial charge in [0.1, 0.15) is 11.5 Å². The van der Waals surface area contributed by atoms with Crippen LogP contribution in [-0.4, -0.2) is 10.9 Å². The molecule has 0 aliphatic carbocycles. The van der Waals surface area contributed by atoms with Crippen LogP contribution in [0.1, 0.15) is 14.7 Å². The Morgan fingerprint density at radius 3 is 2.56 bits per heavy atom. The number of rotatable bonds is 2. The average Bonchev–Trinajstić information content (AvgIpc) is 2.67. The lowest BCUT2D eigenvalue weighted by Gasteiger charge is -2.11. The number of carbonyl (C=O) groups excluding carboxylic acids is 1. The second-order valence-corrected chi connectivity index (χ2v) is 4.59. The molecule has 0 saturated heterocycles. The molecule has 1 amide bonds. The zero-order valence-electron chi connectivity index (χ0n) is 9.15. The number of amides is 1. The maximum atomic E-state index is 13.7. The van der Waals surface area contributed by atoms with Gasteiger partial charge in [0, 0.05) is 0 Å². The molecule has 2 rings (SSSR count). The summed E-state index contributed by atoms with van der Waals surface area (Å²) < 4.78 is 40.2. The van der Waals surface area contributed by atoms with Crippen LogP contribution in [0.15, 0.2) is 24.3 Å². The van der Waals surface area contributed by atoms with Crippen LogP contribution >= 0.6 is 11.3 Å². The van der Waals surface area contributed by atoms with Gasteiger partial charge in [0.05, 0.1) is 5.01 Å². The first-order chi connectivity index (χ1) is 8.50. The summed E-state index contributed by atoms with van der Waals surface area (Å²) in [5, 5.41) is -0.136. The summed E-state index contributed by atoms with van der Waals surface area (Å²) in [6, 6.07) is 4.81. The number of aromatic nitrogens is 1. The molecule has 7 heteroatoms. The topological polar surface area (TPSA) is 33.2 Å². The highest BCUT2D eigenvalue weighted by Crippen LogP contribution is 2.25. The quantitative estimate of drug-likeness (QED) is 0.786. The van der Waals surface area contributed by atoms with Crippen molar-refractivity contribution in [3.63, 3.8) is 0 Å². The van der Waals surface area contributed by atoms with Crippen LogP contribution in [0, 0.1) is 18.7 Å². The molecule has 94 valence electrons. The Bertz CT molecular complexity index is 600. The van der Waals surface area contributed by atoms with Crippen molar-refractivity contribution in [3.05, 3.63) is 45.9 Å². The number of thiazole rings is 1. The van der Waals surface area contributed by atoms with Crippen LogP contribution in [0.2, 0.25) is 0 Å². The molecule has 0 fully saturated rings. The minimum absolute atomic E-state index is 0.290. The van der Waals surface area contributed by atoms with Crippen molar-refractivity contribution in [1.29, 1.82) is 0 Å². The van der Waals surface area contributed by atoms with E-state index in [2.05, 4.69) is 4.98 Å². The molecule has 0 saturated carbocycles. The lowest BCUT2D eigenvalue weighted by molar-refractivity contribution is 0.0929. The van der Waals surface area contributed by atoms with E-state index in [1.807, 2.05) is 0 Å². The second-order valence-electron chi connectivity index (χ2n) is 3.39. The van der Waals surface area contributed by atoms with Gasteiger partial charge in [0.15, 0.2) is 4.88 Å². The zero-order chi connectivity index (χ0) is 13.3. The van der Waals surface area contributed by atoms with Crippen molar-refractivity contribution in [2.24, 2.45) is 0 Å². The molecule has 1 aromatic heterocycles. The summed E-state index contributed by atoms with van der Waals surface area (Å²) >= 11 is 0.712. The number of anilines is 1. The van der Waals surface area contributed by atoms with E-state index in [1.54, 1.807) is 0 Å². The van der Waals surface area contributed by atoms with Crippen molar-refractivity contribution >= 4 is 22.9 Å². The number of hydrogen-bond donors (Lipinski definition) is 0. The van der Waals surface area contributed by atoms with E-state index < -0.39 is 33.4 Å². The third-order valence-corrected chi connectivity index (χ3v) is 3.06. The van der Waals surface area contributed by atoms with E-state index in [1.165, 1.54) is 19.1 Å². The van der Waals surface area contributed by atoms with Crippen LogP contribution < -0.4 is 5.12 Å². The van der Waals surface area contributed by atoms with Gasteiger partial charge in [0.25, 0.3) is 0 Å². The molecular weight excluding hydrogens is 265 g/mol. The van der Waals surface area contributed by atoms with Crippen molar-refractivity contribution in [1.82, 2.24) is 4.98 Å². The lowest BCUT2D eigenvalue weighted by Crippen LogP contribution is -2.22. The fourth-order valence-electron chi connectivity index (χ4n) is 1.34. The maximum absolute atomic E-state index is 13.7. The van der Waals surface area contributed by atoms with Crippen molar-refractivity contribution < 1.29 is 18.1 Å². The molecule has 0 aliphatic rings. The Kier molecular flexibility index (Phi) is 3.33. The normalized spacial score (nSPS) is 10.4. The highest BCUT2D eigenvalue weighted by molar-refractivity contribution is 7.13. The van der Waals surface area contributed by atoms with Crippen molar-refractivity contribution in [3.8, 4) is 0 Å². The third-order valence-electron chi connectivity index (χ3n) is 2.13. The molecule has 18 heavy (non-hydrogen) atoms. The minimum atomic E-state index is -1.27. The summed E-state index contributed by atoms with van der Waals surface area (Å²) in [7, 11) is 0. The molecule has 0 atom stereocenters. The van der Waals surface area contributed by atoms with E-state index in [9.17, 15) is 18.1 Å². The van der Waals surface area contributed by atoms with Gasteiger partial charge in [-0.15, -0.1) is 16.5 Å². The molecule has 3 nitrogen and oxygen atoms in total. The van der Waals surface area contributed by atoms with Gasteiger partial charge in [-0.1, -0.05) is 16.6 Å². The number of aryl methyl sites for hydroxylation is 1.